The highest BCUT2D eigenvalue weighted by molar-refractivity contribution is 6.18. The normalized spacial score (nSPS) is 14.2. The predicted octanol–water partition coefficient (Wildman–Crippen LogP) is 3.26. The highest BCUT2D eigenvalue weighted by atomic mass is 35.5. The smallest absolute Gasteiger partial charge is 0.113 e. The van der Waals surface area contributed by atoms with Gasteiger partial charge in [-0.3, -0.25) is 0 Å². The average molecular weight is 238 g/mol. The van der Waals surface area contributed by atoms with Crippen molar-refractivity contribution in [2.45, 2.75) is 26.8 Å². The van der Waals surface area contributed by atoms with E-state index in [-0.39, 0.29) is 11.5 Å². The molecular formula is C12H16ClN3. The minimum Gasteiger partial charge on any atom is -0.179 e. The molecule has 4 heteroatoms. The summed E-state index contributed by atoms with van der Waals surface area (Å²) >= 11 is 6.01. The first-order valence-corrected chi connectivity index (χ1v) is 5.93. The average Bonchev–Trinajstić information content (AvgIpc) is 2.59. The van der Waals surface area contributed by atoms with Gasteiger partial charge in [0.2, 0.25) is 0 Å². The summed E-state index contributed by atoms with van der Waals surface area (Å²) in [7, 11) is 0. The second kappa shape index (κ2) is 4.06. The van der Waals surface area contributed by atoms with Crippen LogP contribution in [0.25, 0.3) is 11.0 Å². The van der Waals surface area contributed by atoms with E-state index in [1.54, 1.807) is 4.80 Å². The lowest BCUT2D eigenvalue weighted by Gasteiger charge is -2.27. The zero-order valence-electron chi connectivity index (χ0n) is 9.81. The summed E-state index contributed by atoms with van der Waals surface area (Å²) in [6.45, 7) is 6.44. The van der Waals surface area contributed by atoms with Crippen LogP contribution < -0.4 is 0 Å². The summed E-state index contributed by atoms with van der Waals surface area (Å²) in [4.78, 5) is 1.75. The molecular weight excluding hydrogens is 222 g/mol. The fourth-order valence-corrected chi connectivity index (χ4v) is 2.24. The molecule has 1 atom stereocenters. The second-order valence-electron chi connectivity index (χ2n) is 5.05. The molecule has 0 aliphatic heterocycles. The fourth-order valence-electron chi connectivity index (χ4n) is 1.66. The van der Waals surface area contributed by atoms with Crippen LogP contribution >= 0.6 is 11.6 Å². The summed E-state index contributed by atoms with van der Waals surface area (Å²) in [5.41, 5.74) is 1.89. The molecule has 0 saturated carbocycles. The fraction of sp³-hybridized carbons (Fsp3) is 0.500. The number of halogens is 1. The summed E-state index contributed by atoms with van der Waals surface area (Å²) in [6.07, 6.45) is 0. The van der Waals surface area contributed by atoms with Crippen molar-refractivity contribution in [1.29, 1.82) is 0 Å². The SMILES string of the molecule is CC(C)(C)C(CCl)n1nc2ccccc2n1. The van der Waals surface area contributed by atoms with Crippen LogP contribution in [0.5, 0.6) is 0 Å². The lowest BCUT2D eigenvalue weighted by atomic mass is 9.88. The number of alkyl halides is 1. The number of aromatic nitrogens is 3. The maximum atomic E-state index is 6.01. The summed E-state index contributed by atoms with van der Waals surface area (Å²) < 4.78 is 0. The Morgan fingerprint density at radius 1 is 1.19 bits per heavy atom. The second-order valence-corrected chi connectivity index (χ2v) is 5.35. The van der Waals surface area contributed by atoms with E-state index in [1.807, 2.05) is 24.3 Å². The Morgan fingerprint density at radius 2 is 1.69 bits per heavy atom. The topological polar surface area (TPSA) is 30.7 Å². The summed E-state index contributed by atoms with van der Waals surface area (Å²) in [5, 5.41) is 8.94. The maximum absolute atomic E-state index is 6.01. The molecule has 1 unspecified atom stereocenters. The van der Waals surface area contributed by atoms with E-state index >= 15 is 0 Å². The molecule has 0 aliphatic carbocycles. The standard InChI is InChI=1S/C12H16ClN3/c1-12(2,3)11(8-13)16-14-9-6-4-5-7-10(9)15-16/h4-7,11H,8H2,1-3H3. The summed E-state index contributed by atoms with van der Waals surface area (Å²) in [6, 6.07) is 7.98. The van der Waals surface area contributed by atoms with Gasteiger partial charge in [-0.15, -0.1) is 11.6 Å². The van der Waals surface area contributed by atoms with Crippen LogP contribution in [-0.2, 0) is 0 Å². The minimum atomic E-state index is 0.0524. The number of nitrogens with zero attached hydrogens (tertiary/aromatic N) is 3. The van der Waals surface area contributed by atoms with Gasteiger partial charge in [-0.2, -0.15) is 15.0 Å². The van der Waals surface area contributed by atoms with Crippen LogP contribution in [0.1, 0.15) is 26.8 Å². The van der Waals surface area contributed by atoms with Gasteiger partial charge in [-0.05, 0) is 17.5 Å². The van der Waals surface area contributed by atoms with E-state index < -0.39 is 0 Å². The lowest BCUT2D eigenvalue weighted by Crippen LogP contribution is -2.27. The third kappa shape index (κ3) is 2.05. The summed E-state index contributed by atoms with van der Waals surface area (Å²) in [5.74, 6) is 0.518. The van der Waals surface area contributed by atoms with Gasteiger partial charge in [-0.1, -0.05) is 32.9 Å². The van der Waals surface area contributed by atoms with Gasteiger partial charge in [0.1, 0.15) is 11.0 Å². The molecule has 0 radical (unpaired) electrons. The van der Waals surface area contributed by atoms with Gasteiger partial charge < -0.3 is 0 Å². The van der Waals surface area contributed by atoms with Gasteiger partial charge in [0.25, 0.3) is 0 Å². The van der Waals surface area contributed by atoms with Gasteiger partial charge in [0.15, 0.2) is 0 Å². The molecule has 1 heterocycles. The van der Waals surface area contributed by atoms with Crippen LogP contribution in [0.15, 0.2) is 24.3 Å². The van der Waals surface area contributed by atoms with Crippen LogP contribution in [0.4, 0.5) is 0 Å². The molecule has 16 heavy (non-hydrogen) atoms. The lowest BCUT2D eigenvalue weighted by molar-refractivity contribution is 0.229. The molecule has 0 aliphatic rings. The van der Waals surface area contributed by atoms with Crippen molar-refractivity contribution in [3.05, 3.63) is 24.3 Å². The number of benzene rings is 1. The number of fused-ring (bicyclic) bond motifs is 1. The first-order chi connectivity index (χ1) is 7.52. The van der Waals surface area contributed by atoms with E-state index in [1.165, 1.54) is 0 Å². The Hall–Kier alpha value is -1.09. The first kappa shape index (κ1) is 11.4. The van der Waals surface area contributed by atoms with Crippen molar-refractivity contribution in [3.63, 3.8) is 0 Å². The van der Waals surface area contributed by atoms with E-state index in [0.717, 1.165) is 11.0 Å². The van der Waals surface area contributed by atoms with E-state index in [4.69, 9.17) is 11.6 Å². The molecule has 0 spiro atoms. The Kier molecular flexibility index (Phi) is 2.89. The van der Waals surface area contributed by atoms with Crippen molar-refractivity contribution in [3.8, 4) is 0 Å². The van der Waals surface area contributed by atoms with Crippen LogP contribution in [0.3, 0.4) is 0 Å². The molecule has 0 fully saturated rings. The molecule has 0 amide bonds. The third-order valence-electron chi connectivity index (χ3n) is 2.73. The van der Waals surface area contributed by atoms with E-state index in [9.17, 15) is 0 Å². The van der Waals surface area contributed by atoms with E-state index in [0.29, 0.717) is 5.88 Å². The van der Waals surface area contributed by atoms with Crippen molar-refractivity contribution in [2.75, 3.05) is 5.88 Å². The molecule has 1 aromatic heterocycles. The Balaban J connectivity index is 2.46. The van der Waals surface area contributed by atoms with Crippen LogP contribution in [0.2, 0.25) is 0 Å². The third-order valence-corrected chi connectivity index (χ3v) is 3.02. The van der Waals surface area contributed by atoms with Crippen LogP contribution in [0, 0.1) is 5.41 Å². The van der Waals surface area contributed by atoms with E-state index in [2.05, 4.69) is 31.0 Å². The van der Waals surface area contributed by atoms with Crippen molar-refractivity contribution >= 4 is 22.6 Å². The quantitative estimate of drug-likeness (QED) is 0.751. The highest BCUT2D eigenvalue weighted by Crippen LogP contribution is 2.30. The van der Waals surface area contributed by atoms with Crippen molar-refractivity contribution in [1.82, 2.24) is 15.0 Å². The zero-order valence-corrected chi connectivity index (χ0v) is 10.6. The Bertz CT molecular complexity index is 451. The highest BCUT2D eigenvalue weighted by Gasteiger charge is 2.27. The molecule has 0 saturated heterocycles. The molecule has 2 rings (SSSR count). The minimum absolute atomic E-state index is 0.0524. The monoisotopic (exact) mass is 237 g/mol. The number of hydrogen-bond donors (Lipinski definition) is 0. The number of rotatable bonds is 2. The molecule has 3 nitrogen and oxygen atoms in total. The Morgan fingerprint density at radius 3 is 2.06 bits per heavy atom. The van der Waals surface area contributed by atoms with Gasteiger partial charge >= 0.3 is 0 Å². The van der Waals surface area contributed by atoms with Gasteiger partial charge in [0.05, 0.1) is 6.04 Å². The molecule has 2 aromatic rings. The van der Waals surface area contributed by atoms with Crippen LogP contribution in [-0.4, -0.2) is 20.9 Å². The molecule has 1 aromatic carbocycles. The predicted molar refractivity (Wildman–Crippen MR) is 66.7 cm³/mol. The molecule has 86 valence electrons. The van der Waals surface area contributed by atoms with Crippen molar-refractivity contribution in [2.24, 2.45) is 5.41 Å². The van der Waals surface area contributed by atoms with Crippen molar-refractivity contribution < 1.29 is 0 Å². The van der Waals surface area contributed by atoms with Gasteiger partial charge in [0, 0.05) is 5.88 Å². The van der Waals surface area contributed by atoms with Gasteiger partial charge in [-0.25, -0.2) is 0 Å². The first-order valence-electron chi connectivity index (χ1n) is 5.40. The molecule has 0 bridgehead atoms. The molecule has 0 N–H and O–H groups in total. The number of hydrogen-bond acceptors (Lipinski definition) is 2. The zero-order chi connectivity index (χ0) is 11.8. The maximum Gasteiger partial charge on any atom is 0.113 e. The Labute approximate surface area is 100 Å². The largest absolute Gasteiger partial charge is 0.179 e.